The van der Waals surface area contributed by atoms with Gasteiger partial charge in [-0.2, -0.15) is 5.10 Å². The maximum atomic E-state index is 11.7. The number of phenolic OH excluding ortho intramolecular Hbond substituents is 1. The van der Waals surface area contributed by atoms with Crippen LogP contribution in [0.3, 0.4) is 0 Å². The van der Waals surface area contributed by atoms with Gasteiger partial charge in [0.25, 0.3) is 0 Å². The first-order valence-electron chi connectivity index (χ1n) is 7.06. The lowest BCUT2D eigenvalue weighted by Crippen LogP contribution is -2.19. The first-order chi connectivity index (χ1) is 12.0. The van der Waals surface area contributed by atoms with Crippen LogP contribution in [0.15, 0.2) is 52.5 Å². The molecule has 1 amide bonds. The van der Waals surface area contributed by atoms with Crippen LogP contribution >= 0.6 is 11.8 Å². The van der Waals surface area contributed by atoms with E-state index in [9.17, 15) is 20.0 Å². The molecule has 0 aromatic heterocycles. The zero-order chi connectivity index (χ0) is 18.2. The molecule has 0 saturated heterocycles. The van der Waals surface area contributed by atoms with Crippen molar-refractivity contribution in [3.63, 3.8) is 0 Å². The maximum Gasteiger partial charge on any atom is 0.315 e. The Morgan fingerprint density at radius 3 is 2.76 bits per heavy atom. The van der Waals surface area contributed by atoms with Crippen molar-refractivity contribution in [1.29, 1.82) is 0 Å². The van der Waals surface area contributed by atoms with E-state index in [1.807, 2.05) is 30.3 Å². The molecule has 0 spiro atoms. The van der Waals surface area contributed by atoms with Crippen LogP contribution in [0.1, 0.15) is 5.56 Å². The fourth-order valence-electron chi connectivity index (χ4n) is 1.86. The quantitative estimate of drug-likeness (QED) is 0.339. The summed E-state index contributed by atoms with van der Waals surface area (Å²) in [5.74, 6) is -0.750. The average Bonchev–Trinajstić information content (AvgIpc) is 2.61. The largest absolute Gasteiger partial charge is 0.500 e. The van der Waals surface area contributed by atoms with Gasteiger partial charge in [-0.05, 0) is 18.2 Å². The van der Waals surface area contributed by atoms with Gasteiger partial charge < -0.3 is 9.84 Å². The minimum Gasteiger partial charge on any atom is -0.500 e. The molecule has 0 radical (unpaired) electrons. The van der Waals surface area contributed by atoms with E-state index in [0.29, 0.717) is 5.56 Å². The highest BCUT2D eigenvalue weighted by molar-refractivity contribution is 8.00. The highest BCUT2D eigenvalue weighted by Crippen LogP contribution is 2.36. The third-order valence-electron chi connectivity index (χ3n) is 3.01. The second-order valence-corrected chi connectivity index (χ2v) is 5.79. The van der Waals surface area contributed by atoms with Crippen molar-refractivity contribution in [2.75, 3.05) is 12.9 Å². The predicted octanol–water partition coefficient (Wildman–Crippen LogP) is 2.55. The maximum absolute atomic E-state index is 11.7. The molecule has 2 aromatic rings. The number of phenols is 1. The van der Waals surface area contributed by atoms with Gasteiger partial charge in [-0.3, -0.25) is 14.9 Å². The van der Waals surface area contributed by atoms with Crippen molar-refractivity contribution >= 4 is 29.6 Å². The van der Waals surface area contributed by atoms with Crippen LogP contribution in [0.2, 0.25) is 0 Å². The number of nitrogens with zero attached hydrogens (tertiary/aromatic N) is 2. The molecule has 2 aromatic carbocycles. The lowest BCUT2D eigenvalue weighted by Gasteiger charge is -2.05. The third-order valence-corrected chi connectivity index (χ3v) is 4.02. The van der Waals surface area contributed by atoms with Gasteiger partial charge >= 0.3 is 5.69 Å². The Morgan fingerprint density at radius 2 is 2.12 bits per heavy atom. The Morgan fingerprint density at radius 1 is 1.40 bits per heavy atom. The number of carbonyl (C=O) groups excluding carboxylic acids is 1. The molecule has 0 atom stereocenters. The smallest absolute Gasteiger partial charge is 0.315 e. The van der Waals surface area contributed by atoms with E-state index < -0.39 is 16.4 Å². The van der Waals surface area contributed by atoms with Crippen LogP contribution in [0.25, 0.3) is 0 Å². The number of hydrogen-bond donors (Lipinski definition) is 2. The van der Waals surface area contributed by atoms with Crippen molar-refractivity contribution in [3.05, 3.63) is 58.1 Å². The fourth-order valence-corrected chi connectivity index (χ4v) is 2.57. The van der Waals surface area contributed by atoms with E-state index in [1.54, 1.807) is 0 Å². The first-order valence-corrected chi connectivity index (χ1v) is 8.05. The predicted molar refractivity (Wildman–Crippen MR) is 94.2 cm³/mol. The molecule has 130 valence electrons. The highest BCUT2D eigenvalue weighted by Gasteiger charge is 2.19. The molecule has 8 nitrogen and oxygen atoms in total. The number of benzene rings is 2. The molecule has 25 heavy (non-hydrogen) atoms. The van der Waals surface area contributed by atoms with Gasteiger partial charge in [0.1, 0.15) is 0 Å². The standard InChI is InChI=1S/C16H15N3O5S/c1-24-14-8-11(7-13(16(14)21)19(22)23)9-17-18-15(20)10-25-12-5-3-2-4-6-12/h2-9,21H,10H2,1H3,(H,18,20)/b17-9-. The minimum atomic E-state index is -0.732. The second-order valence-electron chi connectivity index (χ2n) is 4.74. The number of nitrogens with one attached hydrogen (secondary N) is 1. The Hall–Kier alpha value is -3.07. The van der Waals surface area contributed by atoms with Gasteiger partial charge in [-0.15, -0.1) is 11.8 Å². The Kier molecular flexibility index (Phi) is 6.35. The molecule has 0 heterocycles. The van der Waals surface area contributed by atoms with Crippen molar-refractivity contribution < 1.29 is 19.6 Å². The molecule has 0 bridgehead atoms. The van der Waals surface area contributed by atoms with E-state index in [4.69, 9.17) is 4.74 Å². The van der Waals surface area contributed by atoms with Crippen molar-refractivity contribution in [1.82, 2.24) is 5.43 Å². The number of methoxy groups -OCH3 is 1. The van der Waals surface area contributed by atoms with Gasteiger partial charge in [0.05, 0.1) is 24.0 Å². The molecule has 0 aliphatic carbocycles. The summed E-state index contributed by atoms with van der Waals surface area (Å²) in [7, 11) is 1.28. The third kappa shape index (κ3) is 5.21. The van der Waals surface area contributed by atoms with Crippen molar-refractivity contribution in [2.45, 2.75) is 4.90 Å². The Balaban J connectivity index is 1.98. The number of aromatic hydroxyl groups is 1. The zero-order valence-electron chi connectivity index (χ0n) is 13.2. The molecule has 2 rings (SSSR count). The number of amides is 1. The molecule has 0 unspecified atom stereocenters. The van der Waals surface area contributed by atoms with Gasteiger partial charge in [-0.25, -0.2) is 5.43 Å². The van der Waals surface area contributed by atoms with E-state index in [2.05, 4.69) is 10.5 Å². The normalized spacial score (nSPS) is 10.6. The van der Waals surface area contributed by atoms with Gasteiger partial charge in [0.2, 0.25) is 11.7 Å². The molecule has 9 heteroatoms. The second kappa shape index (κ2) is 8.69. The summed E-state index contributed by atoms with van der Waals surface area (Å²) in [6, 6.07) is 11.9. The van der Waals surface area contributed by atoms with Crippen molar-refractivity contribution in [3.8, 4) is 11.5 Å². The summed E-state index contributed by atoms with van der Waals surface area (Å²) in [6.45, 7) is 0. The number of ether oxygens (including phenoxy) is 1. The lowest BCUT2D eigenvalue weighted by molar-refractivity contribution is -0.386. The zero-order valence-corrected chi connectivity index (χ0v) is 14.0. The number of hydrazone groups is 1. The van der Waals surface area contributed by atoms with Crippen LogP contribution < -0.4 is 10.2 Å². The fraction of sp³-hybridized carbons (Fsp3) is 0.125. The average molecular weight is 361 g/mol. The van der Waals surface area contributed by atoms with Gasteiger partial charge in [-0.1, -0.05) is 18.2 Å². The molecule has 0 aliphatic heterocycles. The first kappa shape index (κ1) is 18.3. The SMILES string of the molecule is COc1cc(/C=N\NC(=O)CSc2ccccc2)cc([N+](=O)[O-])c1O. The van der Waals surface area contributed by atoms with Gasteiger partial charge in [0, 0.05) is 16.5 Å². The monoisotopic (exact) mass is 361 g/mol. The number of nitro benzene ring substituents is 1. The van der Waals surface area contributed by atoms with Crippen LogP contribution in [0.5, 0.6) is 11.5 Å². The molecule has 0 saturated carbocycles. The number of nitro groups is 1. The van der Waals surface area contributed by atoms with E-state index in [0.717, 1.165) is 11.0 Å². The molecular weight excluding hydrogens is 346 g/mol. The summed E-state index contributed by atoms with van der Waals surface area (Å²) < 4.78 is 4.88. The van der Waals surface area contributed by atoms with Gasteiger partial charge in [0.15, 0.2) is 5.75 Å². The van der Waals surface area contributed by atoms with Crippen molar-refractivity contribution in [2.24, 2.45) is 5.10 Å². The summed E-state index contributed by atoms with van der Waals surface area (Å²) in [5.41, 5.74) is 2.13. The van der Waals surface area contributed by atoms with Crippen LogP contribution in [0, 0.1) is 10.1 Å². The number of hydrogen-bond acceptors (Lipinski definition) is 7. The van der Waals surface area contributed by atoms with Crippen LogP contribution in [0.4, 0.5) is 5.69 Å². The molecule has 2 N–H and O–H groups in total. The summed E-state index contributed by atoms with van der Waals surface area (Å²) >= 11 is 1.36. The van der Waals surface area contributed by atoms with E-state index >= 15 is 0 Å². The summed E-state index contributed by atoms with van der Waals surface area (Å²) in [5, 5.41) is 24.4. The number of thioether (sulfide) groups is 1. The molecule has 0 aliphatic rings. The summed E-state index contributed by atoms with van der Waals surface area (Å²) in [6.07, 6.45) is 1.24. The topological polar surface area (TPSA) is 114 Å². The Bertz CT molecular complexity index is 796. The number of rotatable bonds is 7. The highest BCUT2D eigenvalue weighted by atomic mass is 32.2. The number of carbonyl (C=O) groups is 1. The molecule has 0 fully saturated rings. The Labute approximate surface area is 147 Å². The van der Waals surface area contributed by atoms with E-state index in [-0.39, 0.29) is 17.4 Å². The molecular formula is C16H15N3O5S. The minimum absolute atomic E-state index is 0.0541. The van der Waals surface area contributed by atoms with Crippen LogP contribution in [-0.2, 0) is 4.79 Å². The summed E-state index contributed by atoms with van der Waals surface area (Å²) in [4.78, 5) is 22.9. The van der Waals surface area contributed by atoms with Crippen LogP contribution in [-0.4, -0.2) is 35.0 Å². The lowest BCUT2D eigenvalue weighted by atomic mass is 10.2. The van der Waals surface area contributed by atoms with E-state index in [1.165, 1.54) is 31.2 Å².